The van der Waals surface area contributed by atoms with Crippen LogP contribution in [-0.2, 0) is 47.7 Å². The monoisotopic (exact) mass is 584 g/mol. The van der Waals surface area contributed by atoms with Crippen LogP contribution in [0.25, 0.3) is 0 Å². The fraction of sp³-hybridized carbons (Fsp3) is 0.704. The van der Waals surface area contributed by atoms with Crippen LogP contribution in [0.1, 0.15) is 40.5 Å². The lowest BCUT2D eigenvalue weighted by atomic mass is 10.0. The average Bonchev–Trinajstić information content (AvgIpc) is 3.25. The van der Waals surface area contributed by atoms with E-state index in [2.05, 4.69) is 16.0 Å². The van der Waals surface area contributed by atoms with Gasteiger partial charge in [-0.2, -0.15) is 0 Å². The lowest BCUT2D eigenvalue weighted by molar-refractivity contribution is -0.137. The fourth-order valence-corrected chi connectivity index (χ4v) is 3.43. The Labute approximate surface area is 240 Å². The highest BCUT2D eigenvalue weighted by Crippen LogP contribution is 2.04. The Balaban J connectivity index is 1.88. The summed E-state index contributed by atoms with van der Waals surface area (Å²) in [5, 5.41) is 7.83. The van der Waals surface area contributed by atoms with Crippen molar-refractivity contribution in [2.24, 2.45) is 5.92 Å². The third-order valence-corrected chi connectivity index (χ3v) is 5.75. The number of carbonyl (C=O) groups is 6. The normalized spacial score (nSPS) is 14.3. The van der Waals surface area contributed by atoms with E-state index < -0.39 is 29.8 Å². The Morgan fingerprint density at radius 2 is 1.20 bits per heavy atom. The summed E-state index contributed by atoms with van der Waals surface area (Å²) in [6.45, 7) is 9.58. The summed E-state index contributed by atoms with van der Waals surface area (Å²) in [4.78, 5) is 71.6. The average molecular weight is 585 g/mol. The molecule has 1 unspecified atom stereocenters. The standard InChI is InChI=1S/C27H44N4O10/c1-19(2)26(36)20(3)30-27(37)21(4)29-23(33)8-11-38-13-15-40-17-18-41-16-14-39-12-9-28-22(32)7-10-31-24(34)5-6-25(31)35/h5-6,19-21H,7-18H2,1-4H3,(H,28,32)(H,29,33)(H,30,37)/t20-,21?/m0/s1. The molecule has 1 rings (SSSR count). The lowest BCUT2D eigenvalue weighted by Gasteiger charge is -2.19. The van der Waals surface area contributed by atoms with Gasteiger partial charge in [0.05, 0.1) is 58.9 Å². The van der Waals surface area contributed by atoms with Gasteiger partial charge in [0.2, 0.25) is 17.7 Å². The molecule has 1 aliphatic rings. The molecule has 0 radical (unpaired) electrons. The molecule has 14 nitrogen and oxygen atoms in total. The zero-order valence-electron chi connectivity index (χ0n) is 24.4. The van der Waals surface area contributed by atoms with Gasteiger partial charge in [-0.3, -0.25) is 33.7 Å². The zero-order valence-corrected chi connectivity index (χ0v) is 24.4. The van der Waals surface area contributed by atoms with Crippen molar-refractivity contribution in [3.8, 4) is 0 Å². The Morgan fingerprint density at radius 3 is 1.73 bits per heavy atom. The number of hydrogen-bond acceptors (Lipinski definition) is 10. The van der Waals surface area contributed by atoms with Crippen molar-refractivity contribution in [2.75, 3.05) is 65.9 Å². The van der Waals surface area contributed by atoms with Crippen molar-refractivity contribution < 1.29 is 47.7 Å². The van der Waals surface area contributed by atoms with E-state index in [9.17, 15) is 28.8 Å². The molecule has 1 heterocycles. The number of nitrogens with one attached hydrogen (secondary N) is 3. The number of carbonyl (C=O) groups excluding carboxylic acids is 6. The van der Waals surface area contributed by atoms with E-state index in [0.717, 1.165) is 4.90 Å². The summed E-state index contributed by atoms with van der Waals surface area (Å²) < 4.78 is 21.5. The number of ether oxygens (including phenoxy) is 4. The predicted molar refractivity (Wildman–Crippen MR) is 146 cm³/mol. The van der Waals surface area contributed by atoms with Crippen LogP contribution in [0.4, 0.5) is 0 Å². The zero-order chi connectivity index (χ0) is 30.6. The first kappa shape index (κ1) is 35.8. The highest BCUT2D eigenvalue weighted by atomic mass is 16.6. The molecule has 0 bridgehead atoms. The quantitative estimate of drug-likeness (QED) is 0.101. The Hall–Kier alpha value is -3.20. The smallest absolute Gasteiger partial charge is 0.253 e. The maximum Gasteiger partial charge on any atom is 0.253 e. The van der Waals surface area contributed by atoms with E-state index in [1.54, 1.807) is 27.7 Å². The third kappa shape index (κ3) is 16.0. The van der Waals surface area contributed by atoms with Crippen molar-refractivity contribution >= 4 is 35.3 Å². The molecule has 14 heteroatoms. The Bertz CT molecular complexity index is 891. The molecule has 0 spiro atoms. The summed E-state index contributed by atoms with van der Waals surface area (Å²) in [6, 6.07) is -1.38. The van der Waals surface area contributed by atoms with Crippen LogP contribution < -0.4 is 16.0 Å². The number of Topliss-reactive ketones (excluding diaryl/α,β-unsaturated/α-hetero) is 1. The maximum absolute atomic E-state index is 12.1. The van der Waals surface area contributed by atoms with Gasteiger partial charge < -0.3 is 34.9 Å². The van der Waals surface area contributed by atoms with Crippen molar-refractivity contribution in [1.29, 1.82) is 0 Å². The van der Waals surface area contributed by atoms with Gasteiger partial charge in [-0.15, -0.1) is 0 Å². The van der Waals surface area contributed by atoms with Crippen molar-refractivity contribution in [3.05, 3.63) is 12.2 Å². The minimum absolute atomic E-state index is 0.0328. The first-order chi connectivity index (χ1) is 19.5. The lowest BCUT2D eigenvalue weighted by Crippen LogP contribution is -2.50. The molecule has 3 N–H and O–H groups in total. The molecule has 0 aromatic rings. The van der Waals surface area contributed by atoms with Gasteiger partial charge in [0.1, 0.15) is 6.04 Å². The third-order valence-electron chi connectivity index (χ3n) is 5.75. The molecule has 2 atom stereocenters. The van der Waals surface area contributed by atoms with Crippen molar-refractivity contribution in [2.45, 2.75) is 52.6 Å². The van der Waals surface area contributed by atoms with E-state index >= 15 is 0 Å². The second-order valence-electron chi connectivity index (χ2n) is 9.54. The molecular formula is C27H44N4O10. The molecule has 41 heavy (non-hydrogen) atoms. The van der Waals surface area contributed by atoms with Gasteiger partial charge >= 0.3 is 0 Å². The molecular weight excluding hydrogens is 540 g/mol. The second-order valence-corrected chi connectivity index (χ2v) is 9.54. The molecule has 5 amide bonds. The van der Waals surface area contributed by atoms with Gasteiger partial charge in [-0.05, 0) is 13.8 Å². The minimum atomic E-state index is -0.768. The fourth-order valence-electron chi connectivity index (χ4n) is 3.43. The molecule has 0 aliphatic carbocycles. The molecule has 0 aromatic heterocycles. The molecule has 0 saturated carbocycles. The van der Waals surface area contributed by atoms with Gasteiger partial charge in [-0.25, -0.2) is 0 Å². The number of ketones is 1. The first-order valence-electron chi connectivity index (χ1n) is 13.8. The van der Waals surface area contributed by atoms with E-state index in [-0.39, 0.29) is 49.5 Å². The van der Waals surface area contributed by atoms with Crippen LogP contribution in [-0.4, -0.2) is 118 Å². The molecule has 0 fully saturated rings. The number of rotatable bonds is 23. The molecule has 0 saturated heterocycles. The number of nitrogens with zero attached hydrogens (tertiary/aromatic N) is 1. The van der Waals surface area contributed by atoms with Crippen LogP contribution >= 0.6 is 0 Å². The van der Waals surface area contributed by atoms with Gasteiger partial charge in [0, 0.05) is 44.0 Å². The van der Waals surface area contributed by atoms with E-state index in [1.807, 2.05) is 0 Å². The topological polar surface area (TPSA) is 179 Å². The van der Waals surface area contributed by atoms with E-state index in [4.69, 9.17) is 18.9 Å². The molecule has 232 valence electrons. The van der Waals surface area contributed by atoms with Crippen LogP contribution in [0.5, 0.6) is 0 Å². The van der Waals surface area contributed by atoms with Gasteiger partial charge in [0.25, 0.3) is 11.8 Å². The SMILES string of the molecule is CC(C)C(=O)[C@H](C)NC(=O)C(C)NC(=O)CCOCCOCCOCCOCCNC(=O)CCN1C(=O)C=CC1=O. The second kappa shape index (κ2) is 20.6. The van der Waals surface area contributed by atoms with Crippen molar-refractivity contribution in [3.63, 3.8) is 0 Å². The minimum Gasteiger partial charge on any atom is -0.379 e. The highest BCUT2D eigenvalue weighted by Gasteiger charge is 2.24. The van der Waals surface area contributed by atoms with Crippen LogP contribution in [0.2, 0.25) is 0 Å². The van der Waals surface area contributed by atoms with Crippen LogP contribution in [0, 0.1) is 5.92 Å². The summed E-state index contributed by atoms with van der Waals surface area (Å²) in [5.41, 5.74) is 0. The highest BCUT2D eigenvalue weighted by molar-refractivity contribution is 6.13. The largest absolute Gasteiger partial charge is 0.379 e. The number of amides is 5. The summed E-state index contributed by atoms with van der Waals surface area (Å²) >= 11 is 0. The van der Waals surface area contributed by atoms with E-state index in [1.165, 1.54) is 12.2 Å². The van der Waals surface area contributed by atoms with E-state index in [0.29, 0.717) is 52.8 Å². The summed E-state index contributed by atoms with van der Waals surface area (Å²) in [6.07, 6.45) is 2.48. The first-order valence-corrected chi connectivity index (χ1v) is 13.8. The molecule has 0 aromatic carbocycles. The number of imide groups is 1. The predicted octanol–water partition coefficient (Wildman–Crippen LogP) is -0.891. The van der Waals surface area contributed by atoms with Crippen LogP contribution in [0.3, 0.4) is 0 Å². The Morgan fingerprint density at radius 1 is 0.683 bits per heavy atom. The van der Waals surface area contributed by atoms with Crippen LogP contribution in [0.15, 0.2) is 12.2 Å². The maximum atomic E-state index is 12.1. The molecule has 1 aliphatic heterocycles. The number of hydrogen-bond donors (Lipinski definition) is 3. The Kier molecular flexibility index (Phi) is 18.0. The summed E-state index contributed by atoms with van der Waals surface area (Å²) in [5.74, 6) is -2.12. The summed E-state index contributed by atoms with van der Waals surface area (Å²) in [7, 11) is 0. The van der Waals surface area contributed by atoms with Gasteiger partial charge in [0.15, 0.2) is 5.78 Å². The van der Waals surface area contributed by atoms with Gasteiger partial charge in [-0.1, -0.05) is 13.8 Å². The van der Waals surface area contributed by atoms with Crippen molar-refractivity contribution in [1.82, 2.24) is 20.9 Å².